The van der Waals surface area contributed by atoms with Gasteiger partial charge in [0.05, 0.1) is 26.3 Å². The van der Waals surface area contributed by atoms with Crippen molar-refractivity contribution in [2.75, 3.05) is 21.3 Å². The number of ether oxygens (including phenoxy) is 3. The molecule has 0 aliphatic heterocycles. The van der Waals surface area contributed by atoms with Gasteiger partial charge in [0.15, 0.2) is 11.5 Å². The normalized spacial score (nSPS) is 10.4. The van der Waals surface area contributed by atoms with Gasteiger partial charge in [0.2, 0.25) is 11.6 Å². The van der Waals surface area contributed by atoms with Gasteiger partial charge in [0.25, 0.3) is 11.6 Å². The molecule has 0 bridgehead atoms. The maximum atomic E-state index is 10.7. The van der Waals surface area contributed by atoms with Gasteiger partial charge in [0.1, 0.15) is 0 Å². The van der Waals surface area contributed by atoms with Crippen LogP contribution in [0.15, 0.2) is 40.9 Å². The summed E-state index contributed by atoms with van der Waals surface area (Å²) in [6.45, 7) is 0. The lowest BCUT2D eigenvalue weighted by molar-refractivity contribution is -0.384. The van der Waals surface area contributed by atoms with E-state index in [2.05, 4.69) is 10.1 Å². The van der Waals surface area contributed by atoms with Crippen LogP contribution in [-0.4, -0.2) is 36.4 Å². The zero-order chi connectivity index (χ0) is 18.7. The lowest BCUT2D eigenvalue weighted by atomic mass is 10.1. The number of nitrogens with zero attached hydrogens (tertiary/aromatic N) is 3. The summed E-state index contributed by atoms with van der Waals surface area (Å²) in [5, 5.41) is 14.7. The molecule has 0 saturated carbocycles. The number of hydrogen-bond donors (Lipinski definition) is 0. The van der Waals surface area contributed by atoms with Crippen LogP contribution in [0.25, 0.3) is 22.8 Å². The van der Waals surface area contributed by atoms with E-state index in [1.165, 1.54) is 33.5 Å². The second kappa shape index (κ2) is 7.09. The molecule has 0 N–H and O–H groups in total. The largest absolute Gasteiger partial charge is 0.493 e. The zero-order valence-electron chi connectivity index (χ0n) is 14.3. The maximum Gasteiger partial charge on any atom is 0.269 e. The Labute approximate surface area is 148 Å². The predicted molar refractivity (Wildman–Crippen MR) is 91.5 cm³/mol. The molecular formula is C17H15N3O6. The molecule has 0 fully saturated rings. The Balaban J connectivity index is 1.98. The highest BCUT2D eigenvalue weighted by Gasteiger charge is 2.18. The van der Waals surface area contributed by atoms with Crippen LogP contribution in [0.3, 0.4) is 0 Å². The molecule has 9 heteroatoms. The van der Waals surface area contributed by atoms with Crippen LogP contribution in [0, 0.1) is 10.1 Å². The molecule has 3 rings (SSSR count). The molecule has 2 aromatic carbocycles. The van der Waals surface area contributed by atoms with E-state index in [1.54, 1.807) is 24.3 Å². The van der Waals surface area contributed by atoms with Crippen molar-refractivity contribution in [2.45, 2.75) is 0 Å². The SMILES string of the molecule is COc1cc(-c2nc(-c3ccc([N+](=O)[O-])cc3)no2)cc(OC)c1OC. The van der Waals surface area contributed by atoms with Gasteiger partial charge in [-0.3, -0.25) is 10.1 Å². The van der Waals surface area contributed by atoms with Crippen molar-refractivity contribution in [1.82, 2.24) is 10.1 Å². The zero-order valence-corrected chi connectivity index (χ0v) is 14.3. The molecule has 0 aliphatic carbocycles. The quantitative estimate of drug-likeness (QED) is 0.488. The summed E-state index contributed by atoms with van der Waals surface area (Å²) in [5.74, 6) is 1.92. The standard InChI is InChI=1S/C17H15N3O6/c1-23-13-8-11(9-14(24-2)15(13)25-3)17-18-16(19-26-17)10-4-6-12(7-5-10)20(21)22/h4-9H,1-3H3. The number of benzene rings is 2. The summed E-state index contributed by atoms with van der Waals surface area (Å²) in [5.41, 5.74) is 1.17. The number of rotatable bonds is 6. The Bertz CT molecular complexity index is 911. The topological polar surface area (TPSA) is 110 Å². The molecule has 0 radical (unpaired) electrons. The summed E-state index contributed by atoms with van der Waals surface area (Å²) < 4.78 is 21.2. The van der Waals surface area contributed by atoms with Gasteiger partial charge in [-0.2, -0.15) is 4.98 Å². The Kier molecular flexibility index (Phi) is 4.70. The van der Waals surface area contributed by atoms with Crippen molar-refractivity contribution in [3.8, 4) is 40.1 Å². The van der Waals surface area contributed by atoms with E-state index in [4.69, 9.17) is 18.7 Å². The highest BCUT2D eigenvalue weighted by molar-refractivity contribution is 5.67. The van der Waals surface area contributed by atoms with Gasteiger partial charge in [0, 0.05) is 23.3 Å². The maximum absolute atomic E-state index is 10.7. The molecule has 0 spiro atoms. The summed E-state index contributed by atoms with van der Waals surface area (Å²) in [7, 11) is 4.54. The van der Waals surface area contributed by atoms with Crippen molar-refractivity contribution in [3.63, 3.8) is 0 Å². The monoisotopic (exact) mass is 357 g/mol. The Morgan fingerprint density at radius 3 is 2.08 bits per heavy atom. The molecule has 0 amide bonds. The fourth-order valence-electron chi connectivity index (χ4n) is 2.39. The minimum atomic E-state index is -0.471. The third kappa shape index (κ3) is 3.14. The molecule has 0 saturated heterocycles. The number of hydrogen-bond acceptors (Lipinski definition) is 8. The van der Waals surface area contributed by atoms with Gasteiger partial charge >= 0.3 is 0 Å². The molecule has 0 aliphatic rings. The molecule has 9 nitrogen and oxygen atoms in total. The van der Waals surface area contributed by atoms with Gasteiger partial charge in [-0.05, 0) is 24.3 Å². The average Bonchev–Trinajstić information content (AvgIpc) is 3.17. The molecule has 1 aromatic heterocycles. The second-order valence-corrected chi connectivity index (χ2v) is 5.14. The van der Waals surface area contributed by atoms with Crippen LogP contribution >= 0.6 is 0 Å². The van der Waals surface area contributed by atoms with Gasteiger partial charge in [-0.25, -0.2) is 0 Å². The fourth-order valence-corrected chi connectivity index (χ4v) is 2.39. The molecule has 0 unspecified atom stereocenters. The Morgan fingerprint density at radius 1 is 0.962 bits per heavy atom. The fraction of sp³-hybridized carbons (Fsp3) is 0.176. The summed E-state index contributed by atoms with van der Waals surface area (Å²) >= 11 is 0. The average molecular weight is 357 g/mol. The van der Waals surface area contributed by atoms with Crippen LogP contribution in [0.5, 0.6) is 17.2 Å². The molecule has 1 heterocycles. The third-order valence-corrected chi connectivity index (χ3v) is 3.67. The Hall–Kier alpha value is -3.62. The van der Waals surface area contributed by atoms with E-state index in [1.807, 2.05) is 0 Å². The van der Waals surface area contributed by atoms with E-state index in [-0.39, 0.29) is 11.6 Å². The van der Waals surface area contributed by atoms with Crippen LogP contribution in [0.1, 0.15) is 0 Å². The van der Waals surface area contributed by atoms with Crippen molar-refractivity contribution < 1.29 is 23.7 Å². The number of nitro benzene ring substituents is 1. The van der Waals surface area contributed by atoms with Crippen molar-refractivity contribution in [3.05, 3.63) is 46.5 Å². The van der Waals surface area contributed by atoms with E-state index in [0.717, 1.165) is 0 Å². The van der Waals surface area contributed by atoms with E-state index in [9.17, 15) is 10.1 Å². The third-order valence-electron chi connectivity index (χ3n) is 3.67. The molecular weight excluding hydrogens is 342 g/mol. The van der Waals surface area contributed by atoms with Crippen LogP contribution in [0.4, 0.5) is 5.69 Å². The highest BCUT2D eigenvalue weighted by Crippen LogP contribution is 2.41. The first-order valence-electron chi connectivity index (χ1n) is 7.46. The first kappa shape index (κ1) is 17.2. The van der Waals surface area contributed by atoms with Crippen molar-refractivity contribution >= 4 is 5.69 Å². The number of aromatic nitrogens is 2. The summed E-state index contributed by atoms with van der Waals surface area (Å²) in [6.07, 6.45) is 0. The summed E-state index contributed by atoms with van der Waals surface area (Å²) in [4.78, 5) is 14.6. The number of non-ortho nitro benzene ring substituents is 1. The van der Waals surface area contributed by atoms with E-state index in [0.29, 0.717) is 34.2 Å². The van der Waals surface area contributed by atoms with Gasteiger partial charge in [-0.1, -0.05) is 5.16 Å². The predicted octanol–water partition coefficient (Wildman–Crippen LogP) is 3.34. The van der Waals surface area contributed by atoms with Gasteiger partial charge in [-0.15, -0.1) is 0 Å². The van der Waals surface area contributed by atoms with Crippen LogP contribution in [0.2, 0.25) is 0 Å². The molecule has 0 atom stereocenters. The second-order valence-electron chi connectivity index (χ2n) is 5.14. The van der Waals surface area contributed by atoms with Gasteiger partial charge < -0.3 is 18.7 Å². The highest BCUT2D eigenvalue weighted by atomic mass is 16.6. The van der Waals surface area contributed by atoms with Crippen molar-refractivity contribution in [1.29, 1.82) is 0 Å². The molecule has 3 aromatic rings. The first-order chi connectivity index (χ1) is 12.6. The first-order valence-corrected chi connectivity index (χ1v) is 7.46. The lowest BCUT2D eigenvalue weighted by Crippen LogP contribution is -1.95. The van der Waals surface area contributed by atoms with Crippen LogP contribution in [-0.2, 0) is 0 Å². The van der Waals surface area contributed by atoms with E-state index >= 15 is 0 Å². The Morgan fingerprint density at radius 2 is 1.58 bits per heavy atom. The minimum Gasteiger partial charge on any atom is -0.493 e. The molecule has 134 valence electrons. The number of methoxy groups -OCH3 is 3. The summed E-state index contributed by atoms with van der Waals surface area (Å²) in [6, 6.07) is 9.25. The molecule has 26 heavy (non-hydrogen) atoms. The van der Waals surface area contributed by atoms with Crippen LogP contribution < -0.4 is 14.2 Å². The smallest absolute Gasteiger partial charge is 0.269 e. The minimum absolute atomic E-state index is 0.0119. The van der Waals surface area contributed by atoms with Crippen molar-refractivity contribution in [2.24, 2.45) is 0 Å². The lowest BCUT2D eigenvalue weighted by Gasteiger charge is -2.12. The van der Waals surface area contributed by atoms with E-state index < -0.39 is 4.92 Å². The number of nitro groups is 1.